The van der Waals surface area contributed by atoms with Gasteiger partial charge in [-0.3, -0.25) is 4.79 Å². The quantitative estimate of drug-likeness (QED) is 0.781. The fraction of sp³-hybridized carbons (Fsp3) is 0.364. The van der Waals surface area contributed by atoms with Gasteiger partial charge in [0.05, 0.1) is 7.11 Å². The first kappa shape index (κ1) is 11.5. The van der Waals surface area contributed by atoms with E-state index in [2.05, 4.69) is 0 Å². The molecule has 0 spiro atoms. The molecule has 0 fully saturated rings. The summed E-state index contributed by atoms with van der Waals surface area (Å²) in [4.78, 5) is 10.7. The van der Waals surface area contributed by atoms with Crippen LogP contribution in [0, 0.1) is 0 Å². The summed E-state index contributed by atoms with van der Waals surface area (Å²) in [5.41, 5.74) is 6.38. The average molecular weight is 209 g/mol. The van der Waals surface area contributed by atoms with Crippen molar-refractivity contribution in [3.63, 3.8) is 0 Å². The average Bonchev–Trinajstić information content (AvgIpc) is 2.26. The third-order valence-corrected chi connectivity index (χ3v) is 2.45. The van der Waals surface area contributed by atoms with Crippen molar-refractivity contribution >= 4 is 5.97 Å². The Bertz CT molecular complexity index is 351. The standard InChI is InChI=1S/C11H15NO3/c1-7(10(12)11(13)14)8-5-3-4-6-9(8)15-2/h3-7,10H,12H2,1-2H3,(H,13,14). The molecule has 0 aliphatic rings. The molecule has 0 aliphatic carbocycles. The van der Waals surface area contributed by atoms with E-state index < -0.39 is 12.0 Å². The fourth-order valence-electron chi connectivity index (χ4n) is 1.45. The lowest BCUT2D eigenvalue weighted by Gasteiger charge is -2.18. The molecule has 3 N–H and O–H groups in total. The number of ether oxygens (including phenoxy) is 1. The molecule has 4 heteroatoms. The summed E-state index contributed by atoms with van der Waals surface area (Å²) in [5.74, 6) is -0.617. The molecule has 0 bridgehead atoms. The van der Waals surface area contributed by atoms with Crippen molar-refractivity contribution in [2.75, 3.05) is 7.11 Å². The van der Waals surface area contributed by atoms with Crippen molar-refractivity contribution in [2.24, 2.45) is 5.73 Å². The Morgan fingerprint density at radius 2 is 2.07 bits per heavy atom. The number of benzene rings is 1. The minimum Gasteiger partial charge on any atom is -0.496 e. The number of nitrogens with two attached hydrogens (primary N) is 1. The first-order valence-electron chi connectivity index (χ1n) is 4.69. The molecule has 2 unspecified atom stereocenters. The SMILES string of the molecule is COc1ccccc1C(C)C(N)C(=O)O. The maximum atomic E-state index is 10.7. The van der Waals surface area contributed by atoms with Gasteiger partial charge >= 0.3 is 5.97 Å². The molecule has 0 amide bonds. The minimum atomic E-state index is -1.01. The number of carboxylic acid groups (broad SMARTS) is 1. The molecule has 0 aromatic heterocycles. The van der Waals surface area contributed by atoms with E-state index in [1.54, 1.807) is 20.1 Å². The van der Waals surface area contributed by atoms with Crippen molar-refractivity contribution in [1.29, 1.82) is 0 Å². The number of hydrogen-bond acceptors (Lipinski definition) is 3. The normalized spacial score (nSPS) is 14.3. The highest BCUT2D eigenvalue weighted by atomic mass is 16.5. The number of carboxylic acids is 1. The van der Waals surface area contributed by atoms with Gasteiger partial charge in [0, 0.05) is 5.92 Å². The summed E-state index contributed by atoms with van der Waals surface area (Å²) in [6.45, 7) is 1.77. The highest BCUT2D eigenvalue weighted by Crippen LogP contribution is 2.27. The smallest absolute Gasteiger partial charge is 0.321 e. The molecule has 0 radical (unpaired) electrons. The van der Waals surface area contributed by atoms with E-state index in [1.807, 2.05) is 18.2 Å². The zero-order valence-electron chi connectivity index (χ0n) is 8.81. The van der Waals surface area contributed by atoms with E-state index in [0.717, 1.165) is 5.56 Å². The van der Waals surface area contributed by atoms with Crippen LogP contribution in [-0.2, 0) is 4.79 Å². The summed E-state index contributed by atoms with van der Waals surface area (Å²) in [6.07, 6.45) is 0. The van der Waals surface area contributed by atoms with Crippen LogP contribution in [0.3, 0.4) is 0 Å². The van der Waals surface area contributed by atoms with Crippen LogP contribution in [0.1, 0.15) is 18.4 Å². The Hall–Kier alpha value is -1.55. The Balaban J connectivity index is 2.99. The van der Waals surface area contributed by atoms with Crippen LogP contribution < -0.4 is 10.5 Å². The molecule has 0 saturated heterocycles. The maximum absolute atomic E-state index is 10.7. The van der Waals surface area contributed by atoms with E-state index in [-0.39, 0.29) is 5.92 Å². The number of rotatable bonds is 4. The number of para-hydroxylation sites is 1. The third-order valence-electron chi connectivity index (χ3n) is 2.45. The Kier molecular flexibility index (Phi) is 3.68. The Morgan fingerprint density at radius 1 is 1.47 bits per heavy atom. The van der Waals surface area contributed by atoms with Crippen LogP contribution in [0.15, 0.2) is 24.3 Å². The summed E-state index contributed by atoms with van der Waals surface area (Å²) < 4.78 is 5.15. The zero-order chi connectivity index (χ0) is 11.4. The van der Waals surface area contributed by atoms with Gasteiger partial charge in [-0.25, -0.2) is 0 Å². The molecule has 1 aromatic rings. The predicted molar refractivity (Wildman–Crippen MR) is 57.0 cm³/mol. The van der Waals surface area contributed by atoms with Crippen LogP contribution in [0.5, 0.6) is 5.75 Å². The Labute approximate surface area is 88.7 Å². The zero-order valence-corrected chi connectivity index (χ0v) is 8.81. The largest absolute Gasteiger partial charge is 0.496 e. The molecule has 0 saturated carbocycles. The fourth-order valence-corrected chi connectivity index (χ4v) is 1.45. The van der Waals surface area contributed by atoms with E-state index >= 15 is 0 Å². The van der Waals surface area contributed by atoms with E-state index in [4.69, 9.17) is 15.6 Å². The summed E-state index contributed by atoms with van der Waals surface area (Å²) >= 11 is 0. The van der Waals surface area contributed by atoms with Gasteiger partial charge in [0.2, 0.25) is 0 Å². The molecule has 1 aromatic carbocycles. The lowest BCUT2D eigenvalue weighted by molar-refractivity contribution is -0.139. The van der Waals surface area contributed by atoms with Crippen LogP contribution in [0.4, 0.5) is 0 Å². The van der Waals surface area contributed by atoms with Gasteiger partial charge in [0.1, 0.15) is 11.8 Å². The predicted octanol–water partition coefficient (Wildman–Crippen LogP) is 1.21. The second-order valence-electron chi connectivity index (χ2n) is 3.39. The molecule has 15 heavy (non-hydrogen) atoms. The molecule has 1 rings (SSSR count). The summed E-state index contributed by atoms with van der Waals surface area (Å²) in [7, 11) is 1.55. The summed E-state index contributed by atoms with van der Waals surface area (Å²) in [5, 5.41) is 8.81. The van der Waals surface area contributed by atoms with E-state index in [9.17, 15) is 4.79 Å². The van der Waals surface area contributed by atoms with Crippen molar-refractivity contribution in [3.8, 4) is 5.75 Å². The molecule has 0 heterocycles. The number of aliphatic carboxylic acids is 1. The van der Waals surface area contributed by atoms with Gasteiger partial charge in [0.15, 0.2) is 0 Å². The molecule has 2 atom stereocenters. The highest BCUT2D eigenvalue weighted by Gasteiger charge is 2.23. The maximum Gasteiger partial charge on any atom is 0.321 e. The third kappa shape index (κ3) is 2.47. The van der Waals surface area contributed by atoms with Crippen molar-refractivity contribution in [3.05, 3.63) is 29.8 Å². The second kappa shape index (κ2) is 4.79. The number of hydrogen-bond donors (Lipinski definition) is 2. The van der Waals surface area contributed by atoms with Crippen LogP contribution in [-0.4, -0.2) is 24.2 Å². The molecular formula is C11H15NO3. The number of carbonyl (C=O) groups is 1. The lowest BCUT2D eigenvalue weighted by atomic mass is 9.93. The van der Waals surface area contributed by atoms with Gasteiger partial charge in [0.25, 0.3) is 0 Å². The van der Waals surface area contributed by atoms with E-state index in [1.165, 1.54) is 0 Å². The molecule has 4 nitrogen and oxygen atoms in total. The minimum absolute atomic E-state index is 0.279. The van der Waals surface area contributed by atoms with Crippen LogP contribution in [0.25, 0.3) is 0 Å². The molecule has 82 valence electrons. The highest BCUT2D eigenvalue weighted by molar-refractivity contribution is 5.74. The van der Waals surface area contributed by atoms with Crippen molar-refractivity contribution in [2.45, 2.75) is 18.9 Å². The van der Waals surface area contributed by atoms with Gasteiger partial charge in [-0.1, -0.05) is 25.1 Å². The molecule has 0 aliphatic heterocycles. The first-order valence-corrected chi connectivity index (χ1v) is 4.69. The Morgan fingerprint density at radius 3 is 2.60 bits per heavy atom. The van der Waals surface area contributed by atoms with Gasteiger partial charge < -0.3 is 15.6 Å². The summed E-state index contributed by atoms with van der Waals surface area (Å²) in [6, 6.07) is 6.37. The van der Waals surface area contributed by atoms with E-state index in [0.29, 0.717) is 5.75 Å². The van der Waals surface area contributed by atoms with Gasteiger partial charge in [-0.2, -0.15) is 0 Å². The van der Waals surface area contributed by atoms with Crippen molar-refractivity contribution in [1.82, 2.24) is 0 Å². The second-order valence-corrected chi connectivity index (χ2v) is 3.39. The topological polar surface area (TPSA) is 72.5 Å². The first-order chi connectivity index (χ1) is 7.07. The molecular weight excluding hydrogens is 194 g/mol. The van der Waals surface area contributed by atoms with Crippen molar-refractivity contribution < 1.29 is 14.6 Å². The van der Waals surface area contributed by atoms with Crippen LogP contribution >= 0.6 is 0 Å². The van der Waals surface area contributed by atoms with Gasteiger partial charge in [-0.05, 0) is 11.6 Å². The lowest BCUT2D eigenvalue weighted by Crippen LogP contribution is -2.35. The number of methoxy groups -OCH3 is 1. The van der Waals surface area contributed by atoms with Gasteiger partial charge in [-0.15, -0.1) is 0 Å². The monoisotopic (exact) mass is 209 g/mol. The van der Waals surface area contributed by atoms with Crippen LogP contribution in [0.2, 0.25) is 0 Å².